The minimum Gasteiger partial charge on any atom is -0.393 e. The lowest BCUT2D eigenvalue weighted by Gasteiger charge is -2.47. The molecular weight excluding hydrogens is 248 g/mol. The Labute approximate surface area is 125 Å². The molecule has 0 aromatic carbocycles. The average molecular weight is 282 g/mol. The van der Waals surface area contributed by atoms with Crippen molar-refractivity contribution in [1.29, 1.82) is 0 Å². The molecule has 2 aliphatic rings. The van der Waals surface area contributed by atoms with Crippen molar-refractivity contribution in [3.63, 3.8) is 0 Å². The van der Waals surface area contributed by atoms with Crippen molar-refractivity contribution in [1.82, 2.24) is 9.80 Å². The first-order valence-electron chi connectivity index (χ1n) is 8.54. The topological polar surface area (TPSA) is 26.7 Å². The summed E-state index contributed by atoms with van der Waals surface area (Å²) in [6.07, 6.45) is 6.06. The van der Waals surface area contributed by atoms with Crippen LogP contribution in [-0.2, 0) is 0 Å². The van der Waals surface area contributed by atoms with E-state index in [0.717, 1.165) is 38.5 Å². The standard InChI is InChI=1S/C17H34N2O/c1-5-6-14-7-8-16(20)15(11-14)12-19-10-9-18(4)17(2,3)13-19/h14-16,20H,5-13H2,1-4H3. The number of hydrogen-bond acceptors (Lipinski definition) is 3. The molecule has 0 aromatic rings. The number of rotatable bonds is 4. The minimum atomic E-state index is -0.0640. The van der Waals surface area contributed by atoms with Crippen LogP contribution >= 0.6 is 0 Å². The Hall–Kier alpha value is -0.120. The van der Waals surface area contributed by atoms with E-state index in [2.05, 4.69) is 37.6 Å². The van der Waals surface area contributed by atoms with Crippen LogP contribution in [-0.4, -0.2) is 59.8 Å². The molecule has 1 heterocycles. The number of aliphatic hydroxyl groups excluding tert-OH is 1. The quantitative estimate of drug-likeness (QED) is 0.858. The summed E-state index contributed by atoms with van der Waals surface area (Å²) in [5.74, 6) is 1.35. The van der Waals surface area contributed by atoms with Crippen molar-refractivity contribution in [3.05, 3.63) is 0 Å². The van der Waals surface area contributed by atoms with Crippen LogP contribution in [0.15, 0.2) is 0 Å². The Morgan fingerprint density at radius 2 is 1.95 bits per heavy atom. The summed E-state index contributed by atoms with van der Waals surface area (Å²) >= 11 is 0. The molecule has 2 fully saturated rings. The van der Waals surface area contributed by atoms with Crippen LogP contribution in [0, 0.1) is 11.8 Å². The SMILES string of the molecule is CCCC1CCC(O)C(CN2CCN(C)C(C)(C)C2)C1. The molecule has 1 aliphatic carbocycles. The van der Waals surface area contributed by atoms with E-state index in [1.807, 2.05) is 0 Å². The van der Waals surface area contributed by atoms with Gasteiger partial charge in [-0.15, -0.1) is 0 Å². The fourth-order valence-corrected chi connectivity index (χ4v) is 4.04. The number of likely N-dealkylation sites (N-methyl/N-ethyl adjacent to an activating group) is 1. The molecule has 3 nitrogen and oxygen atoms in total. The summed E-state index contributed by atoms with van der Waals surface area (Å²) in [7, 11) is 2.23. The second-order valence-corrected chi connectivity index (χ2v) is 7.76. The molecule has 0 spiro atoms. The van der Waals surface area contributed by atoms with E-state index in [1.54, 1.807) is 0 Å². The van der Waals surface area contributed by atoms with Crippen LogP contribution in [0.1, 0.15) is 52.9 Å². The van der Waals surface area contributed by atoms with Crippen molar-refractivity contribution in [3.8, 4) is 0 Å². The highest BCUT2D eigenvalue weighted by atomic mass is 16.3. The molecule has 1 N–H and O–H groups in total. The molecule has 2 rings (SSSR count). The second kappa shape index (κ2) is 6.76. The van der Waals surface area contributed by atoms with E-state index < -0.39 is 0 Å². The van der Waals surface area contributed by atoms with Gasteiger partial charge in [0.25, 0.3) is 0 Å². The summed E-state index contributed by atoms with van der Waals surface area (Å²) in [6, 6.07) is 0. The van der Waals surface area contributed by atoms with Gasteiger partial charge < -0.3 is 5.11 Å². The molecule has 0 amide bonds. The van der Waals surface area contributed by atoms with E-state index in [4.69, 9.17) is 0 Å². The molecule has 118 valence electrons. The molecular formula is C17H34N2O. The van der Waals surface area contributed by atoms with Crippen molar-refractivity contribution < 1.29 is 5.11 Å². The molecule has 3 atom stereocenters. The fraction of sp³-hybridized carbons (Fsp3) is 1.00. The molecule has 1 saturated carbocycles. The van der Waals surface area contributed by atoms with Gasteiger partial charge in [0.2, 0.25) is 0 Å². The van der Waals surface area contributed by atoms with Gasteiger partial charge in [-0.25, -0.2) is 0 Å². The smallest absolute Gasteiger partial charge is 0.0580 e. The van der Waals surface area contributed by atoms with E-state index >= 15 is 0 Å². The third-order valence-corrected chi connectivity index (χ3v) is 5.64. The zero-order chi connectivity index (χ0) is 14.8. The third-order valence-electron chi connectivity index (χ3n) is 5.64. The average Bonchev–Trinajstić information content (AvgIpc) is 2.38. The normalized spacial score (nSPS) is 36.1. The Kier molecular flexibility index (Phi) is 5.49. The first-order chi connectivity index (χ1) is 9.42. The highest BCUT2D eigenvalue weighted by Crippen LogP contribution is 2.33. The monoisotopic (exact) mass is 282 g/mol. The first kappa shape index (κ1) is 16.3. The van der Waals surface area contributed by atoms with Crippen molar-refractivity contribution in [2.75, 3.05) is 33.2 Å². The van der Waals surface area contributed by atoms with Gasteiger partial charge in [-0.2, -0.15) is 0 Å². The van der Waals surface area contributed by atoms with Gasteiger partial charge in [-0.3, -0.25) is 9.80 Å². The molecule has 20 heavy (non-hydrogen) atoms. The van der Waals surface area contributed by atoms with Crippen LogP contribution in [0.3, 0.4) is 0 Å². The number of piperazine rings is 1. The summed E-state index contributed by atoms with van der Waals surface area (Å²) in [5, 5.41) is 10.3. The fourth-order valence-electron chi connectivity index (χ4n) is 4.04. The number of hydrogen-bond donors (Lipinski definition) is 1. The maximum absolute atomic E-state index is 10.3. The molecule has 0 aromatic heterocycles. The third kappa shape index (κ3) is 3.96. The van der Waals surface area contributed by atoms with E-state index in [1.165, 1.54) is 25.7 Å². The van der Waals surface area contributed by atoms with Crippen LogP contribution < -0.4 is 0 Å². The van der Waals surface area contributed by atoms with Gasteiger partial charge in [0.1, 0.15) is 0 Å². The first-order valence-corrected chi connectivity index (χ1v) is 8.54. The molecule has 3 heteroatoms. The maximum Gasteiger partial charge on any atom is 0.0580 e. The van der Waals surface area contributed by atoms with Gasteiger partial charge in [0, 0.05) is 31.7 Å². The predicted octanol–water partition coefficient (Wildman–Crippen LogP) is 2.59. The van der Waals surface area contributed by atoms with Gasteiger partial charge in [0.05, 0.1) is 6.10 Å². The Morgan fingerprint density at radius 3 is 2.60 bits per heavy atom. The second-order valence-electron chi connectivity index (χ2n) is 7.76. The Morgan fingerprint density at radius 1 is 1.20 bits per heavy atom. The van der Waals surface area contributed by atoms with E-state index in [9.17, 15) is 5.11 Å². The van der Waals surface area contributed by atoms with E-state index in [0.29, 0.717) is 5.92 Å². The number of nitrogens with zero attached hydrogens (tertiary/aromatic N) is 2. The molecule has 3 unspecified atom stereocenters. The molecule has 0 bridgehead atoms. The van der Waals surface area contributed by atoms with Gasteiger partial charge in [-0.1, -0.05) is 19.8 Å². The summed E-state index contributed by atoms with van der Waals surface area (Å²) in [4.78, 5) is 5.04. The van der Waals surface area contributed by atoms with Crippen LogP contribution in [0.25, 0.3) is 0 Å². The van der Waals surface area contributed by atoms with Crippen LogP contribution in [0.2, 0.25) is 0 Å². The zero-order valence-corrected chi connectivity index (χ0v) is 13.9. The summed E-state index contributed by atoms with van der Waals surface area (Å²) in [6.45, 7) is 11.5. The summed E-state index contributed by atoms with van der Waals surface area (Å²) < 4.78 is 0. The lowest BCUT2D eigenvalue weighted by atomic mass is 9.77. The van der Waals surface area contributed by atoms with Gasteiger partial charge in [-0.05, 0) is 52.0 Å². The van der Waals surface area contributed by atoms with E-state index in [-0.39, 0.29) is 11.6 Å². The lowest BCUT2D eigenvalue weighted by molar-refractivity contribution is -0.00933. The largest absolute Gasteiger partial charge is 0.393 e. The highest BCUT2D eigenvalue weighted by molar-refractivity contribution is 4.90. The predicted molar refractivity (Wildman–Crippen MR) is 84.9 cm³/mol. The van der Waals surface area contributed by atoms with Crippen molar-refractivity contribution in [2.45, 2.75) is 64.5 Å². The Balaban J connectivity index is 1.88. The maximum atomic E-state index is 10.3. The summed E-state index contributed by atoms with van der Waals surface area (Å²) in [5.41, 5.74) is 0.265. The number of aliphatic hydroxyl groups is 1. The van der Waals surface area contributed by atoms with Gasteiger partial charge >= 0.3 is 0 Å². The highest BCUT2D eigenvalue weighted by Gasteiger charge is 2.35. The molecule has 0 radical (unpaired) electrons. The lowest BCUT2D eigenvalue weighted by Crippen LogP contribution is -2.58. The van der Waals surface area contributed by atoms with Crippen LogP contribution in [0.4, 0.5) is 0 Å². The van der Waals surface area contributed by atoms with Gasteiger partial charge in [0.15, 0.2) is 0 Å². The molecule has 1 aliphatic heterocycles. The minimum absolute atomic E-state index is 0.0640. The van der Waals surface area contributed by atoms with Crippen molar-refractivity contribution in [2.24, 2.45) is 11.8 Å². The van der Waals surface area contributed by atoms with Crippen LogP contribution in [0.5, 0.6) is 0 Å². The van der Waals surface area contributed by atoms with Crippen molar-refractivity contribution >= 4 is 0 Å². The molecule has 1 saturated heterocycles. The zero-order valence-electron chi connectivity index (χ0n) is 13.9. The Bertz CT molecular complexity index is 305.